The van der Waals surface area contributed by atoms with Crippen LogP contribution in [0.2, 0.25) is 5.02 Å². The molecule has 2 aromatic carbocycles. The SMILES string of the molecule is CCOC(=O)c1[nH]c2ccccc2c1NC(=O)CCN1CCN(c2cc(Cl)ccc2C)CC1. The molecule has 1 aromatic heterocycles. The minimum atomic E-state index is -0.476. The van der Waals surface area contributed by atoms with Gasteiger partial charge in [-0.3, -0.25) is 9.69 Å². The predicted octanol–water partition coefficient (Wildman–Crippen LogP) is 4.46. The summed E-state index contributed by atoms with van der Waals surface area (Å²) in [6.45, 7) is 8.30. The number of carbonyl (C=O) groups is 2. The zero-order chi connectivity index (χ0) is 23.4. The second-order valence-electron chi connectivity index (χ2n) is 8.20. The van der Waals surface area contributed by atoms with Crippen molar-refractivity contribution in [1.29, 1.82) is 0 Å². The lowest BCUT2D eigenvalue weighted by Gasteiger charge is -2.36. The highest BCUT2D eigenvalue weighted by Crippen LogP contribution is 2.29. The Morgan fingerprint density at radius 2 is 1.88 bits per heavy atom. The maximum Gasteiger partial charge on any atom is 0.356 e. The number of anilines is 2. The van der Waals surface area contributed by atoms with Crippen LogP contribution in [-0.4, -0.2) is 61.1 Å². The first-order valence-electron chi connectivity index (χ1n) is 11.3. The highest BCUT2D eigenvalue weighted by atomic mass is 35.5. The number of esters is 1. The van der Waals surface area contributed by atoms with Crippen molar-refractivity contribution >= 4 is 45.8 Å². The molecule has 3 aromatic rings. The van der Waals surface area contributed by atoms with E-state index in [-0.39, 0.29) is 18.2 Å². The van der Waals surface area contributed by atoms with E-state index in [2.05, 4.69) is 27.0 Å². The van der Waals surface area contributed by atoms with Crippen molar-refractivity contribution in [2.24, 2.45) is 0 Å². The number of rotatable bonds is 7. The molecule has 1 saturated heterocycles. The quantitative estimate of drug-likeness (QED) is 0.501. The number of nitrogens with zero attached hydrogens (tertiary/aromatic N) is 2. The standard InChI is InChI=1S/C25H29ClN4O3/c1-3-33-25(32)24-23(19-6-4-5-7-20(19)27-24)28-22(31)10-11-29-12-14-30(15-13-29)21-16-18(26)9-8-17(21)2/h4-9,16,27H,3,10-15H2,1-2H3,(H,28,31). The fourth-order valence-electron chi connectivity index (χ4n) is 4.23. The van der Waals surface area contributed by atoms with E-state index in [1.807, 2.05) is 42.5 Å². The van der Waals surface area contributed by atoms with Crippen LogP contribution in [0.4, 0.5) is 11.4 Å². The fraction of sp³-hybridized carbons (Fsp3) is 0.360. The largest absolute Gasteiger partial charge is 0.461 e. The van der Waals surface area contributed by atoms with Crippen LogP contribution in [0.25, 0.3) is 10.9 Å². The van der Waals surface area contributed by atoms with Gasteiger partial charge in [0.2, 0.25) is 5.91 Å². The number of piperazine rings is 1. The fourth-order valence-corrected chi connectivity index (χ4v) is 4.39. The molecule has 7 nitrogen and oxygen atoms in total. The van der Waals surface area contributed by atoms with E-state index in [1.165, 1.54) is 11.3 Å². The van der Waals surface area contributed by atoms with Gasteiger partial charge in [0.15, 0.2) is 0 Å². The molecule has 1 aliphatic heterocycles. The number of aromatic nitrogens is 1. The maximum absolute atomic E-state index is 12.8. The highest BCUT2D eigenvalue weighted by Gasteiger charge is 2.22. The van der Waals surface area contributed by atoms with Crippen molar-refractivity contribution in [3.63, 3.8) is 0 Å². The monoisotopic (exact) mass is 468 g/mol. The van der Waals surface area contributed by atoms with Gasteiger partial charge in [-0.2, -0.15) is 0 Å². The number of fused-ring (bicyclic) bond motifs is 1. The summed E-state index contributed by atoms with van der Waals surface area (Å²) in [6, 6.07) is 13.5. The Hall–Kier alpha value is -3.03. The molecule has 0 spiro atoms. The third kappa shape index (κ3) is 5.31. The van der Waals surface area contributed by atoms with E-state index in [1.54, 1.807) is 6.92 Å². The first-order valence-corrected chi connectivity index (χ1v) is 11.6. The van der Waals surface area contributed by atoms with Crippen LogP contribution in [0.1, 0.15) is 29.4 Å². The summed E-state index contributed by atoms with van der Waals surface area (Å²) in [5.74, 6) is -0.602. The number of H-pyrrole nitrogens is 1. The van der Waals surface area contributed by atoms with Crippen molar-refractivity contribution in [3.05, 3.63) is 58.7 Å². The summed E-state index contributed by atoms with van der Waals surface area (Å²) in [7, 11) is 0. The zero-order valence-corrected chi connectivity index (χ0v) is 19.7. The van der Waals surface area contributed by atoms with E-state index in [0.29, 0.717) is 18.7 Å². The number of hydrogen-bond donors (Lipinski definition) is 2. The maximum atomic E-state index is 12.8. The molecule has 2 N–H and O–H groups in total. The van der Waals surface area contributed by atoms with Crippen LogP contribution in [0, 0.1) is 6.92 Å². The first-order chi connectivity index (χ1) is 16.0. The molecule has 0 saturated carbocycles. The van der Waals surface area contributed by atoms with Crippen molar-refractivity contribution in [1.82, 2.24) is 9.88 Å². The van der Waals surface area contributed by atoms with Gasteiger partial charge in [-0.05, 0) is 37.6 Å². The van der Waals surface area contributed by atoms with Gasteiger partial charge >= 0.3 is 5.97 Å². The average Bonchev–Trinajstić information content (AvgIpc) is 3.18. The second-order valence-corrected chi connectivity index (χ2v) is 8.64. The van der Waals surface area contributed by atoms with E-state index in [0.717, 1.165) is 42.1 Å². The van der Waals surface area contributed by atoms with Gasteiger partial charge in [0.05, 0.1) is 12.3 Å². The number of halogens is 1. The Morgan fingerprint density at radius 3 is 2.64 bits per heavy atom. The van der Waals surface area contributed by atoms with E-state index in [9.17, 15) is 9.59 Å². The second kappa shape index (κ2) is 10.3. The Kier molecular flexibility index (Phi) is 7.20. The minimum Gasteiger partial charge on any atom is -0.461 e. The molecule has 0 aliphatic carbocycles. The number of ether oxygens (including phenoxy) is 1. The van der Waals surface area contributed by atoms with Crippen molar-refractivity contribution in [2.75, 3.05) is 49.5 Å². The van der Waals surface area contributed by atoms with E-state index >= 15 is 0 Å². The normalized spacial score (nSPS) is 14.5. The molecule has 174 valence electrons. The molecule has 33 heavy (non-hydrogen) atoms. The third-order valence-corrected chi connectivity index (χ3v) is 6.22. The summed E-state index contributed by atoms with van der Waals surface area (Å²) >= 11 is 6.18. The topological polar surface area (TPSA) is 77.7 Å². The van der Waals surface area contributed by atoms with Gasteiger partial charge < -0.3 is 19.9 Å². The number of nitrogens with one attached hydrogen (secondary N) is 2. The molecular weight excluding hydrogens is 440 g/mol. The first kappa shape index (κ1) is 23.1. The molecule has 0 atom stereocenters. The number of hydrogen-bond acceptors (Lipinski definition) is 5. The zero-order valence-electron chi connectivity index (χ0n) is 19.0. The lowest BCUT2D eigenvalue weighted by molar-refractivity contribution is -0.116. The van der Waals surface area contributed by atoms with Gasteiger partial charge in [0.1, 0.15) is 5.69 Å². The van der Waals surface area contributed by atoms with Crippen LogP contribution in [-0.2, 0) is 9.53 Å². The minimum absolute atomic E-state index is 0.126. The Bertz CT molecular complexity index is 1150. The number of amides is 1. The average molecular weight is 469 g/mol. The summed E-state index contributed by atoms with van der Waals surface area (Å²) in [4.78, 5) is 32.9. The molecule has 8 heteroatoms. The van der Waals surface area contributed by atoms with Crippen LogP contribution >= 0.6 is 11.6 Å². The third-order valence-electron chi connectivity index (χ3n) is 5.99. The number of para-hydroxylation sites is 1. The van der Waals surface area contributed by atoms with Crippen LogP contribution < -0.4 is 10.2 Å². The Balaban J connectivity index is 1.35. The van der Waals surface area contributed by atoms with Gasteiger partial charge in [-0.15, -0.1) is 0 Å². The molecule has 0 radical (unpaired) electrons. The van der Waals surface area contributed by atoms with Crippen molar-refractivity contribution < 1.29 is 14.3 Å². The molecule has 1 amide bonds. The van der Waals surface area contributed by atoms with Gasteiger partial charge in [0.25, 0.3) is 0 Å². The number of carbonyl (C=O) groups excluding carboxylic acids is 2. The lowest BCUT2D eigenvalue weighted by atomic mass is 10.1. The molecular formula is C25H29ClN4O3. The van der Waals surface area contributed by atoms with Crippen molar-refractivity contribution in [3.8, 4) is 0 Å². The molecule has 2 heterocycles. The highest BCUT2D eigenvalue weighted by molar-refractivity contribution is 6.30. The van der Waals surface area contributed by atoms with Gasteiger partial charge in [-0.1, -0.05) is 35.9 Å². The van der Waals surface area contributed by atoms with E-state index in [4.69, 9.17) is 16.3 Å². The van der Waals surface area contributed by atoms with Crippen LogP contribution in [0.15, 0.2) is 42.5 Å². The van der Waals surface area contributed by atoms with Gasteiger partial charge in [0, 0.05) is 60.8 Å². The number of aromatic amines is 1. The lowest BCUT2D eigenvalue weighted by Crippen LogP contribution is -2.47. The number of benzene rings is 2. The van der Waals surface area contributed by atoms with Crippen LogP contribution in [0.5, 0.6) is 0 Å². The van der Waals surface area contributed by atoms with Gasteiger partial charge in [-0.25, -0.2) is 4.79 Å². The molecule has 0 unspecified atom stereocenters. The predicted molar refractivity (Wildman–Crippen MR) is 132 cm³/mol. The Labute approximate surface area is 198 Å². The number of aryl methyl sites for hydroxylation is 1. The summed E-state index contributed by atoms with van der Waals surface area (Å²) in [5, 5.41) is 4.47. The summed E-state index contributed by atoms with van der Waals surface area (Å²) in [5.41, 5.74) is 3.92. The Morgan fingerprint density at radius 1 is 1.12 bits per heavy atom. The van der Waals surface area contributed by atoms with Crippen molar-refractivity contribution in [2.45, 2.75) is 20.3 Å². The van der Waals surface area contributed by atoms with E-state index < -0.39 is 5.97 Å². The molecule has 4 rings (SSSR count). The smallest absolute Gasteiger partial charge is 0.356 e. The summed E-state index contributed by atoms with van der Waals surface area (Å²) < 4.78 is 5.15. The molecule has 1 fully saturated rings. The molecule has 0 bridgehead atoms. The van der Waals surface area contributed by atoms with Crippen LogP contribution in [0.3, 0.4) is 0 Å². The summed E-state index contributed by atoms with van der Waals surface area (Å²) in [6.07, 6.45) is 0.345. The molecule has 1 aliphatic rings.